The number of hydrogen-bond acceptors (Lipinski definition) is 7. The van der Waals surface area contributed by atoms with Gasteiger partial charge in [-0.25, -0.2) is 14.5 Å². The fraction of sp³-hybridized carbons (Fsp3) is 0.235. The molecule has 0 saturated carbocycles. The van der Waals surface area contributed by atoms with Gasteiger partial charge in [0.15, 0.2) is 5.65 Å². The molecular weight excluding hydrogens is 334 g/mol. The van der Waals surface area contributed by atoms with Gasteiger partial charge < -0.3 is 5.32 Å². The van der Waals surface area contributed by atoms with Crippen molar-refractivity contribution in [3.8, 4) is 10.7 Å². The third-order valence-electron chi connectivity index (χ3n) is 3.81. The maximum atomic E-state index is 4.61. The molecule has 0 aliphatic carbocycles. The molecular formula is C17H17N7S. The Morgan fingerprint density at radius 1 is 1.12 bits per heavy atom. The van der Waals surface area contributed by atoms with Crippen LogP contribution in [0, 0.1) is 13.8 Å². The highest BCUT2D eigenvalue weighted by molar-refractivity contribution is 7.13. The zero-order chi connectivity index (χ0) is 17.2. The van der Waals surface area contributed by atoms with Crippen LogP contribution in [-0.2, 0) is 13.1 Å². The summed E-state index contributed by atoms with van der Waals surface area (Å²) >= 11 is 1.57. The van der Waals surface area contributed by atoms with Gasteiger partial charge in [-0.15, -0.1) is 11.3 Å². The van der Waals surface area contributed by atoms with E-state index in [0.29, 0.717) is 13.1 Å². The molecule has 126 valence electrons. The molecule has 1 N–H and O–H groups in total. The SMILES string of the molecule is Cc1cc(C)n2ncc(CNCc3csc(-c4cnccn4)n3)c2n1. The predicted molar refractivity (Wildman–Crippen MR) is 96.1 cm³/mol. The lowest BCUT2D eigenvalue weighted by atomic mass is 10.3. The Morgan fingerprint density at radius 3 is 2.88 bits per heavy atom. The zero-order valence-corrected chi connectivity index (χ0v) is 14.8. The van der Waals surface area contributed by atoms with Gasteiger partial charge in [-0.1, -0.05) is 0 Å². The van der Waals surface area contributed by atoms with Crippen LogP contribution in [0.5, 0.6) is 0 Å². The van der Waals surface area contributed by atoms with Crippen LogP contribution in [0.2, 0.25) is 0 Å². The van der Waals surface area contributed by atoms with E-state index in [1.54, 1.807) is 29.9 Å². The van der Waals surface area contributed by atoms with E-state index in [9.17, 15) is 0 Å². The maximum Gasteiger partial charge on any atom is 0.159 e. The first-order valence-corrected chi connectivity index (χ1v) is 8.81. The van der Waals surface area contributed by atoms with Gasteiger partial charge in [0.05, 0.1) is 18.1 Å². The number of nitrogens with zero attached hydrogens (tertiary/aromatic N) is 6. The van der Waals surface area contributed by atoms with E-state index in [4.69, 9.17) is 0 Å². The first-order chi connectivity index (χ1) is 12.2. The zero-order valence-electron chi connectivity index (χ0n) is 14.0. The van der Waals surface area contributed by atoms with Gasteiger partial charge in [0, 0.05) is 47.8 Å². The third kappa shape index (κ3) is 3.26. The van der Waals surface area contributed by atoms with Crippen molar-refractivity contribution in [2.45, 2.75) is 26.9 Å². The molecule has 0 spiro atoms. The summed E-state index contributed by atoms with van der Waals surface area (Å²) in [6, 6.07) is 2.03. The van der Waals surface area contributed by atoms with E-state index in [1.807, 2.05) is 36.0 Å². The van der Waals surface area contributed by atoms with E-state index >= 15 is 0 Å². The average Bonchev–Trinajstić information content (AvgIpc) is 3.24. The van der Waals surface area contributed by atoms with Gasteiger partial charge in [0.2, 0.25) is 0 Å². The van der Waals surface area contributed by atoms with Gasteiger partial charge in [0.1, 0.15) is 10.7 Å². The monoisotopic (exact) mass is 351 g/mol. The summed E-state index contributed by atoms with van der Waals surface area (Å²) in [4.78, 5) is 17.6. The first kappa shape index (κ1) is 15.8. The Labute approximate surface area is 148 Å². The Balaban J connectivity index is 1.44. The van der Waals surface area contributed by atoms with Crippen molar-refractivity contribution in [2.24, 2.45) is 0 Å². The van der Waals surface area contributed by atoms with Gasteiger partial charge >= 0.3 is 0 Å². The lowest BCUT2D eigenvalue weighted by molar-refractivity contribution is 0.685. The van der Waals surface area contributed by atoms with Crippen LogP contribution in [0.15, 0.2) is 36.2 Å². The van der Waals surface area contributed by atoms with Crippen LogP contribution < -0.4 is 5.32 Å². The molecule has 0 fully saturated rings. The topological polar surface area (TPSA) is 80.9 Å². The molecule has 4 aromatic heterocycles. The Bertz CT molecular complexity index is 1010. The summed E-state index contributed by atoms with van der Waals surface area (Å²) in [5, 5.41) is 10.8. The minimum atomic E-state index is 0.679. The van der Waals surface area contributed by atoms with Crippen molar-refractivity contribution < 1.29 is 0 Å². The smallest absolute Gasteiger partial charge is 0.159 e. The molecule has 0 bridgehead atoms. The third-order valence-corrected chi connectivity index (χ3v) is 4.72. The second kappa shape index (κ2) is 6.66. The minimum Gasteiger partial charge on any atom is -0.307 e. The molecule has 0 radical (unpaired) electrons. The number of thiazole rings is 1. The van der Waals surface area contributed by atoms with Crippen LogP contribution in [0.1, 0.15) is 22.6 Å². The van der Waals surface area contributed by atoms with Crippen LogP contribution in [0.4, 0.5) is 0 Å². The van der Waals surface area contributed by atoms with Crippen molar-refractivity contribution in [1.29, 1.82) is 0 Å². The van der Waals surface area contributed by atoms with Crippen molar-refractivity contribution in [2.75, 3.05) is 0 Å². The Morgan fingerprint density at radius 2 is 2.04 bits per heavy atom. The molecule has 0 saturated heterocycles. The lowest BCUT2D eigenvalue weighted by Gasteiger charge is -2.03. The normalized spacial score (nSPS) is 11.3. The van der Waals surface area contributed by atoms with Crippen LogP contribution in [0.3, 0.4) is 0 Å². The fourth-order valence-corrected chi connectivity index (χ4v) is 3.46. The highest BCUT2D eigenvalue weighted by atomic mass is 32.1. The number of nitrogens with one attached hydrogen (secondary N) is 1. The lowest BCUT2D eigenvalue weighted by Crippen LogP contribution is -2.13. The van der Waals surface area contributed by atoms with Crippen LogP contribution in [0.25, 0.3) is 16.3 Å². The number of rotatable bonds is 5. The second-order valence-electron chi connectivity index (χ2n) is 5.78. The molecule has 4 aromatic rings. The Hall–Kier alpha value is -2.71. The molecule has 0 amide bonds. The number of aromatic nitrogens is 6. The van der Waals surface area contributed by atoms with E-state index in [0.717, 1.165) is 39.0 Å². The van der Waals surface area contributed by atoms with Crippen LogP contribution in [-0.4, -0.2) is 29.5 Å². The van der Waals surface area contributed by atoms with Gasteiger partial charge in [-0.05, 0) is 19.9 Å². The fourth-order valence-electron chi connectivity index (χ4n) is 2.68. The largest absolute Gasteiger partial charge is 0.307 e. The Kier molecular flexibility index (Phi) is 4.21. The molecule has 4 heterocycles. The van der Waals surface area contributed by atoms with Crippen molar-refractivity contribution in [1.82, 2.24) is 34.9 Å². The maximum absolute atomic E-state index is 4.61. The van der Waals surface area contributed by atoms with Crippen molar-refractivity contribution >= 4 is 17.0 Å². The molecule has 25 heavy (non-hydrogen) atoms. The molecule has 0 aliphatic rings. The first-order valence-electron chi connectivity index (χ1n) is 7.93. The second-order valence-corrected chi connectivity index (χ2v) is 6.64. The predicted octanol–water partition coefficient (Wildman–Crippen LogP) is 2.55. The summed E-state index contributed by atoms with van der Waals surface area (Å²) in [5.74, 6) is 0. The van der Waals surface area contributed by atoms with Gasteiger partial charge in [-0.2, -0.15) is 5.10 Å². The molecule has 7 nitrogen and oxygen atoms in total. The van der Waals surface area contributed by atoms with Crippen molar-refractivity contribution in [3.05, 3.63) is 58.9 Å². The standard InChI is InChI=1S/C17H17N7S/c1-11-5-12(2)24-16(22-11)13(7-21-24)6-19-8-14-10-25-17(23-14)15-9-18-3-4-20-15/h3-5,7,9-10,19H,6,8H2,1-2H3. The minimum absolute atomic E-state index is 0.679. The summed E-state index contributed by atoms with van der Waals surface area (Å²) in [6.07, 6.45) is 6.93. The van der Waals surface area contributed by atoms with Crippen LogP contribution >= 0.6 is 11.3 Å². The van der Waals surface area contributed by atoms with Crippen molar-refractivity contribution in [3.63, 3.8) is 0 Å². The molecule has 0 atom stereocenters. The highest BCUT2D eigenvalue weighted by Crippen LogP contribution is 2.20. The number of fused-ring (bicyclic) bond motifs is 1. The summed E-state index contributed by atoms with van der Waals surface area (Å²) in [5.41, 5.74) is 5.86. The molecule has 0 aromatic carbocycles. The summed E-state index contributed by atoms with van der Waals surface area (Å²) in [7, 11) is 0. The highest BCUT2D eigenvalue weighted by Gasteiger charge is 2.09. The number of aryl methyl sites for hydroxylation is 2. The molecule has 4 rings (SSSR count). The molecule has 8 heteroatoms. The van der Waals surface area contributed by atoms with E-state index in [2.05, 4.69) is 30.4 Å². The van der Waals surface area contributed by atoms with Gasteiger partial charge in [0.25, 0.3) is 0 Å². The number of hydrogen-bond donors (Lipinski definition) is 1. The molecule has 0 aliphatic heterocycles. The van der Waals surface area contributed by atoms with E-state index < -0.39 is 0 Å². The van der Waals surface area contributed by atoms with Gasteiger partial charge in [-0.3, -0.25) is 9.97 Å². The quantitative estimate of drug-likeness (QED) is 0.595. The van der Waals surface area contributed by atoms with E-state index in [-0.39, 0.29) is 0 Å². The molecule has 0 unspecified atom stereocenters. The summed E-state index contributed by atoms with van der Waals surface area (Å²) in [6.45, 7) is 5.41. The average molecular weight is 351 g/mol. The summed E-state index contributed by atoms with van der Waals surface area (Å²) < 4.78 is 1.87. The van der Waals surface area contributed by atoms with E-state index in [1.165, 1.54) is 0 Å².